The first-order valence-corrected chi connectivity index (χ1v) is 12.3. The minimum atomic E-state index is -3.31. The average Bonchev–Trinajstić information content (AvgIpc) is 3.30. The molecule has 0 fully saturated rings. The summed E-state index contributed by atoms with van der Waals surface area (Å²) in [4.78, 5) is 17.3. The lowest BCUT2D eigenvalue weighted by molar-refractivity contribution is 0.102. The lowest BCUT2D eigenvalue weighted by Crippen LogP contribution is -2.27. The Hall–Kier alpha value is -2.71. The highest BCUT2D eigenvalue weighted by molar-refractivity contribution is 7.92. The van der Waals surface area contributed by atoms with Crippen LogP contribution < -0.4 is 9.62 Å². The highest BCUT2D eigenvalue weighted by atomic mass is 32.2. The summed E-state index contributed by atoms with van der Waals surface area (Å²) in [6.07, 6.45) is 1.79. The number of carbonyl (C=O) groups is 1. The van der Waals surface area contributed by atoms with E-state index >= 15 is 0 Å². The Bertz CT molecular complexity index is 1260. The number of sulfonamides is 1. The molecule has 0 bridgehead atoms. The molecular weight excluding hydrogens is 418 g/mol. The van der Waals surface area contributed by atoms with Crippen molar-refractivity contribution in [3.8, 4) is 11.3 Å². The Balaban J connectivity index is 1.54. The van der Waals surface area contributed by atoms with Gasteiger partial charge in [0.1, 0.15) is 0 Å². The molecule has 0 radical (unpaired) electrons. The van der Waals surface area contributed by atoms with Crippen LogP contribution >= 0.6 is 11.3 Å². The van der Waals surface area contributed by atoms with Gasteiger partial charge in [0.05, 0.1) is 17.6 Å². The van der Waals surface area contributed by atoms with Gasteiger partial charge in [-0.3, -0.25) is 14.4 Å². The van der Waals surface area contributed by atoms with E-state index in [0.717, 1.165) is 22.4 Å². The Labute approximate surface area is 180 Å². The van der Waals surface area contributed by atoms with Crippen molar-refractivity contribution in [2.45, 2.75) is 27.2 Å². The van der Waals surface area contributed by atoms with Gasteiger partial charge in [-0.15, -0.1) is 11.3 Å². The number of thiazole rings is 1. The van der Waals surface area contributed by atoms with Crippen LogP contribution in [0.15, 0.2) is 35.7 Å². The summed E-state index contributed by atoms with van der Waals surface area (Å²) in [5, 5.41) is 5.34. The highest BCUT2D eigenvalue weighted by Gasteiger charge is 2.26. The van der Waals surface area contributed by atoms with Gasteiger partial charge < -0.3 is 0 Å². The molecule has 8 heteroatoms. The van der Waals surface area contributed by atoms with Crippen molar-refractivity contribution in [3.05, 3.63) is 63.5 Å². The number of carbonyl (C=O) groups excluding carboxylic acids is 1. The van der Waals surface area contributed by atoms with E-state index in [1.807, 2.05) is 5.38 Å². The SMILES string of the molecule is Cc1cc(C)c(-c2csc(NC(=O)c3ccc4c(c3)CCN4S(C)(=O)=O)n2)cc1C. The monoisotopic (exact) mass is 441 g/mol. The fraction of sp³-hybridized carbons (Fsp3) is 0.273. The molecule has 1 aromatic heterocycles. The van der Waals surface area contributed by atoms with E-state index in [9.17, 15) is 13.2 Å². The van der Waals surface area contributed by atoms with Gasteiger partial charge in [0.2, 0.25) is 10.0 Å². The number of nitrogens with one attached hydrogen (secondary N) is 1. The third-order valence-corrected chi connectivity index (χ3v) is 7.37. The van der Waals surface area contributed by atoms with E-state index < -0.39 is 10.0 Å². The first-order valence-electron chi connectivity index (χ1n) is 9.59. The zero-order valence-corrected chi connectivity index (χ0v) is 18.9. The zero-order valence-electron chi connectivity index (χ0n) is 17.3. The highest BCUT2D eigenvalue weighted by Crippen LogP contribution is 2.32. The molecule has 0 unspecified atom stereocenters. The number of rotatable bonds is 4. The van der Waals surface area contributed by atoms with Gasteiger partial charge in [0.15, 0.2) is 5.13 Å². The van der Waals surface area contributed by atoms with Crippen molar-refractivity contribution in [1.82, 2.24) is 4.98 Å². The largest absolute Gasteiger partial charge is 0.298 e. The second kappa shape index (κ2) is 7.52. The first-order chi connectivity index (χ1) is 14.1. The van der Waals surface area contributed by atoms with Gasteiger partial charge in [-0.1, -0.05) is 6.07 Å². The summed E-state index contributed by atoms with van der Waals surface area (Å²) >= 11 is 1.38. The Kier molecular flexibility index (Phi) is 5.15. The summed E-state index contributed by atoms with van der Waals surface area (Å²) in [6.45, 7) is 6.63. The number of hydrogen-bond acceptors (Lipinski definition) is 5. The van der Waals surface area contributed by atoms with Crippen LogP contribution in [-0.2, 0) is 16.4 Å². The molecule has 4 rings (SSSR count). The van der Waals surface area contributed by atoms with Crippen LogP contribution in [0, 0.1) is 20.8 Å². The van der Waals surface area contributed by atoms with Crippen molar-refractivity contribution in [1.29, 1.82) is 0 Å². The van der Waals surface area contributed by atoms with Gasteiger partial charge >= 0.3 is 0 Å². The second-order valence-electron chi connectivity index (χ2n) is 7.67. The number of anilines is 2. The summed E-state index contributed by atoms with van der Waals surface area (Å²) in [7, 11) is -3.31. The number of fused-ring (bicyclic) bond motifs is 1. The third kappa shape index (κ3) is 3.85. The maximum Gasteiger partial charge on any atom is 0.257 e. The molecule has 6 nitrogen and oxygen atoms in total. The van der Waals surface area contributed by atoms with E-state index in [2.05, 4.69) is 43.2 Å². The molecule has 1 aliphatic rings. The normalized spacial score (nSPS) is 13.4. The summed E-state index contributed by atoms with van der Waals surface area (Å²) in [5.74, 6) is -0.256. The van der Waals surface area contributed by atoms with Crippen LogP contribution in [0.25, 0.3) is 11.3 Å². The number of aryl methyl sites for hydroxylation is 3. The van der Waals surface area contributed by atoms with Crippen LogP contribution in [0.2, 0.25) is 0 Å². The van der Waals surface area contributed by atoms with E-state index in [1.54, 1.807) is 18.2 Å². The quantitative estimate of drug-likeness (QED) is 0.654. The molecule has 2 heterocycles. The molecule has 1 N–H and O–H groups in total. The average molecular weight is 442 g/mol. The molecule has 0 saturated heterocycles. The maximum absolute atomic E-state index is 12.7. The molecule has 0 atom stereocenters. The van der Waals surface area contributed by atoms with Gasteiger partial charge in [-0.2, -0.15) is 0 Å². The minimum absolute atomic E-state index is 0.256. The van der Waals surface area contributed by atoms with E-state index in [-0.39, 0.29) is 5.91 Å². The predicted octanol–water partition coefficient (Wildman–Crippen LogP) is 4.31. The van der Waals surface area contributed by atoms with Gasteiger partial charge in [0, 0.05) is 23.1 Å². The smallest absolute Gasteiger partial charge is 0.257 e. The molecule has 3 aromatic rings. The lowest BCUT2D eigenvalue weighted by Gasteiger charge is -2.16. The second-order valence-corrected chi connectivity index (χ2v) is 10.4. The van der Waals surface area contributed by atoms with E-state index in [4.69, 9.17) is 0 Å². The number of benzene rings is 2. The molecule has 1 amide bonds. The fourth-order valence-electron chi connectivity index (χ4n) is 3.72. The summed E-state index contributed by atoms with van der Waals surface area (Å²) < 4.78 is 25.1. The van der Waals surface area contributed by atoms with E-state index in [1.165, 1.54) is 33.0 Å². The lowest BCUT2D eigenvalue weighted by atomic mass is 9.99. The topological polar surface area (TPSA) is 79.4 Å². The van der Waals surface area contributed by atoms with Crippen molar-refractivity contribution >= 4 is 38.1 Å². The Morgan fingerprint density at radius 2 is 1.83 bits per heavy atom. The first kappa shape index (κ1) is 20.6. The van der Waals surface area contributed by atoms with Crippen LogP contribution in [0.3, 0.4) is 0 Å². The standard InChI is InChI=1S/C22H23N3O3S2/c1-13-9-15(3)18(10-14(13)2)19-12-29-22(23-19)24-21(26)17-5-6-20-16(11-17)7-8-25(20)30(4,27)28/h5-6,9-12H,7-8H2,1-4H3,(H,23,24,26). The van der Waals surface area contributed by atoms with E-state index in [0.29, 0.717) is 29.3 Å². The fourth-order valence-corrected chi connectivity index (χ4v) is 5.38. The predicted molar refractivity (Wildman–Crippen MR) is 122 cm³/mol. The zero-order chi connectivity index (χ0) is 21.6. The molecule has 2 aromatic carbocycles. The molecule has 0 aliphatic carbocycles. The van der Waals surface area contributed by atoms with Crippen molar-refractivity contribution in [3.63, 3.8) is 0 Å². The van der Waals surface area contributed by atoms with Crippen LogP contribution in [-0.4, -0.2) is 32.1 Å². The third-order valence-electron chi connectivity index (χ3n) is 5.44. The molecular formula is C22H23N3O3S2. The minimum Gasteiger partial charge on any atom is -0.298 e. The Morgan fingerprint density at radius 3 is 2.57 bits per heavy atom. The molecule has 30 heavy (non-hydrogen) atoms. The number of aromatic nitrogens is 1. The van der Waals surface area contributed by atoms with Crippen molar-refractivity contribution in [2.75, 3.05) is 22.4 Å². The van der Waals surface area contributed by atoms with Crippen LogP contribution in [0.1, 0.15) is 32.6 Å². The van der Waals surface area contributed by atoms with Crippen LogP contribution in [0.4, 0.5) is 10.8 Å². The maximum atomic E-state index is 12.7. The van der Waals surface area contributed by atoms with Gasteiger partial charge in [-0.05, 0) is 73.7 Å². The molecule has 0 spiro atoms. The van der Waals surface area contributed by atoms with Crippen LogP contribution in [0.5, 0.6) is 0 Å². The Morgan fingerprint density at radius 1 is 1.10 bits per heavy atom. The van der Waals surface area contributed by atoms with Crippen molar-refractivity contribution < 1.29 is 13.2 Å². The molecule has 156 valence electrons. The number of amides is 1. The summed E-state index contributed by atoms with van der Waals surface area (Å²) in [5.41, 5.74) is 7.50. The molecule has 0 saturated carbocycles. The number of hydrogen-bond donors (Lipinski definition) is 1. The van der Waals surface area contributed by atoms with Gasteiger partial charge in [0.25, 0.3) is 5.91 Å². The van der Waals surface area contributed by atoms with Crippen molar-refractivity contribution in [2.24, 2.45) is 0 Å². The molecule has 1 aliphatic heterocycles. The number of nitrogens with zero attached hydrogens (tertiary/aromatic N) is 2. The van der Waals surface area contributed by atoms with Gasteiger partial charge in [-0.25, -0.2) is 13.4 Å². The summed E-state index contributed by atoms with van der Waals surface area (Å²) in [6, 6.07) is 9.38.